The molecule has 6 nitrogen and oxygen atoms in total. The fourth-order valence-electron chi connectivity index (χ4n) is 3.42. The van der Waals surface area contributed by atoms with Gasteiger partial charge < -0.3 is 20.1 Å². The van der Waals surface area contributed by atoms with E-state index in [1.165, 1.54) is 12.8 Å². The van der Waals surface area contributed by atoms with Gasteiger partial charge >= 0.3 is 0 Å². The maximum atomic E-state index is 6.30. The number of rotatable bonds is 8. The van der Waals surface area contributed by atoms with E-state index < -0.39 is 0 Å². The SMILES string of the molecule is CN=C(NCCc1ccccn1)NCc1cccc(OC)c1OC1CCCC1. The maximum absolute atomic E-state index is 6.30. The number of nitrogens with zero attached hydrogens (tertiary/aromatic N) is 2. The van der Waals surface area contributed by atoms with Crippen molar-refractivity contribution in [2.45, 2.75) is 44.8 Å². The summed E-state index contributed by atoms with van der Waals surface area (Å²) in [7, 11) is 3.46. The first-order valence-corrected chi connectivity index (χ1v) is 9.97. The molecule has 2 N–H and O–H groups in total. The van der Waals surface area contributed by atoms with Crippen LogP contribution in [0.25, 0.3) is 0 Å². The molecule has 1 aromatic heterocycles. The van der Waals surface area contributed by atoms with E-state index in [1.807, 2.05) is 36.5 Å². The number of pyridine rings is 1. The van der Waals surface area contributed by atoms with Crippen molar-refractivity contribution in [3.8, 4) is 11.5 Å². The summed E-state index contributed by atoms with van der Waals surface area (Å²) in [6.45, 7) is 1.38. The van der Waals surface area contributed by atoms with E-state index in [0.717, 1.165) is 54.5 Å². The molecular formula is C22H30N4O2. The van der Waals surface area contributed by atoms with Gasteiger partial charge in [-0.25, -0.2) is 0 Å². The zero-order valence-electron chi connectivity index (χ0n) is 16.8. The zero-order valence-corrected chi connectivity index (χ0v) is 16.8. The molecule has 0 amide bonds. The van der Waals surface area contributed by atoms with Gasteiger partial charge in [0.2, 0.25) is 0 Å². The van der Waals surface area contributed by atoms with Gasteiger partial charge in [-0.3, -0.25) is 9.98 Å². The van der Waals surface area contributed by atoms with Gasteiger partial charge in [0.15, 0.2) is 17.5 Å². The molecule has 1 aromatic carbocycles. The second-order valence-electron chi connectivity index (χ2n) is 6.90. The molecule has 3 rings (SSSR count). The molecule has 1 saturated carbocycles. The lowest BCUT2D eigenvalue weighted by atomic mass is 10.1. The number of para-hydroxylation sites is 1. The minimum absolute atomic E-state index is 0.283. The third-order valence-corrected chi connectivity index (χ3v) is 4.94. The van der Waals surface area contributed by atoms with Crippen LogP contribution in [0.5, 0.6) is 11.5 Å². The fraction of sp³-hybridized carbons (Fsp3) is 0.455. The van der Waals surface area contributed by atoms with E-state index in [9.17, 15) is 0 Å². The number of aliphatic imine (C=N–C) groups is 1. The van der Waals surface area contributed by atoms with Crippen LogP contribution < -0.4 is 20.1 Å². The molecule has 28 heavy (non-hydrogen) atoms. The van der Waals surface area contributed by atoms with Crippen LogP contribution in [-0.2, 0) is 13.0 Å². The molecule has 0 unspecified atom stereocenters. The van der Waals surface area contributed by atoms with E-state index in [4.69, 9.17) is 9.47 Å². The van der Waals surface area contributed by atoms with Gasteiger partial charge in [-0.1, -0.05) is 18.2 Å². The van der Waals surface area contributed by atoms with Crippen molar-refractivity contribution in [3.05, 3.63) is 53.9 Å². The number of benzene rings is 1. The van der Waals surface area contributed by atoms with Crippen molar-refractivity contribution in [1.82, 2.24) is 15.6 Å². The van der Waals surface area contributed by atoms with Crippen molar-refractivity contribution < 1.29 is 9.47 Å². The molecule has 1 heterocycles. The third kappa shape index (κ3) is 5.62. The maximum Gasteiger partial charge on any atom is 0.191 e. The quantitative estimate of drug-likeness (QED) is 0.541. The first kappa shape index (κ1) is 20.0. The molecule has 0 radical (unpaired) electrons. The predicted octanol–water partition coefficient (Wildman–Crippen LogP) is 3.32. The van der Waals surface area contributed by atoms with Gasteiger partial charge in [0, 0.05) is 44.0 Å². The Morgan fingerprint density at radius 2 is 2.00 bits per heavy atom. The number of methoxy groups -OCH3 is 1. The van der Waals surface area contributed by atoms with E-state index in [1.54, 1.807) is 14.2 Å². The molecule has 1 aliphatic rings. The highest BCUT2D eigenvalue weighted by Gasteiger charge is 2.20. The Hall–Kier alpha value is -2.76. The minimum Gasteiger partial charge on any atom is -0.493 e. The van der Waals surface area contributed by atoms with Gasteiger partial charge in [-0.2, -0.15) is 0 Å². The van der Waals surface area contributed by atoms with Crippen LogP contribution in [0.2, 0.25) is 0 Å². The Labute approximate surface area is 167 Å². The molecule has 6 heteroatoms. The normalized spacial score (nSPS) is 14.7. The van der Waals surface area contributed by atoms with Crippen LogP contribution in [0.4, 0.5) is 0 Å². The fourth-order valence-corrected chi connectivity index (χ4v) is 3.42. The van der Waals surface area contributed by atoms with Gasteiger partial charge in [-0.15, -0.1) is 0 Å². The highest BCUT2D eigenvalue weighted by atomic mass is 16.5. The van der Waals surface area contributed by atoms with Crippen molar-refractivity contribution >= 4 is 5.96 Å². The highest BCUT2D eigenvalue weighted by molar-refractivity contribution is 5.79. The number of guanidine groups is 1. The molecule has 1 fully saturated rings. The molecule has 0 aliphatic heterocycles. The summed E-state index contributed by atoms with van der Waals surface area (Å²) in [6.07, 6.45) is 7.64. The lowest BCUT2D eigenvalue weighted by Gasteiger charge is -2.20. The topological polar surface area (TPSA) is 67.8 Å². The number of hydrogen-bond donors (Lipinski definition) is 2. The van der Waals surface area contributed by atoms with Crippen LogP contribution >= 0.6 is 0 Å². The number of aromatic nitrogens is 1. The average Bonchev–Trinajstić information content (AvgIpc) is 3.25. The van der Waals surface area contributed by atoms with Crippen LogP contribution in [0, 0.1) is 0 Å². The molecule has 0 saturated heterocycles. The smallest absolute Gasteiger partial charge is 0.191 e. The zero-order chi connectivity index (χ0) is 19.6. The van der Waals surface area contributed by atoms with Crippen molar-refractivity contribution in [3.63, 3.8) is 0 Å². The Balaban J connectivity index is 1.57. The molecular weight excluding hydrogens is 352 g/mol. The average molecular weight is 383 g/mol. The third-order valence-electron chi connectivity index (χ3n) is 4.94. The molecule has 150 valence electrons. The number of hydrogen-bond acceptors (Lipinski definition) is 4. The van der Waals surface area contributed by atoms with Crippen LogP contribution in [0.3, 0.4) is 0 Å². The Morgan fingerprint density at radius 1 is 1.14 bits per heavy atom. The number of nitrogens with one attached hydrogen (secondary N) is 2. The summed E-state index contributed by atoms with van der Waals surface area (Å²) in [5.41, 5.74) is 2.13. The Bertz CT molecular complexity index is 758. The summed E-state index contributed by atoms with van der Waals surface area (Å²) in [5.74, 6) is 2.38. The molecule has 1 aliphatic carbocycles. The second-order valence-corrected chi connectivity index (χ2v) is 6.90. The lowest BCUT2D eigenvalue weighted by molar-refractivity contribution is 0.198. The Morgan fingerprint density at radius 3 is 2.71 bits per heavy atom. The molecule has 0 bridgehead atoms. The number of ether oxygens (including phenoxy) is 2. The largest absolute Gasteiger partial charge is 0.493 e. The monoisotopic (exact) mass is 382 g/mol. The van der Waals surface area contributed by atoms with E-state index in [2.05, 4.69) is 26.7 Å². The highest BCUT2D eigenvalue weighted by Crippen LogP contribution is 2.34. The van der Waals surface area contributed by atoms with E-state index in [-0.39, 0.29) is 6.10 Å². The van der Waals surface area contributed by atoms with Gasteiger partial charge in [0.1, 0.15) is 0 Å². The van der Waals surface area contributed by atoms with Gasteiger partial charge in [0.25, 0.3) is 0 Å². The molecule has 0 atom stereocenters. The molecule has 2 aromatic rings. The van der Waals surface area contributed by atoms with Crippen LogP contribution in [-0.4, -0.2) is 37.7 Å². The summed E-state index contributed by atoms with van der Waals surface area (Å²) < 4.78 is 11.8. The first-order chi connectivity index (χ1) is 13.8. The van der Waals surface area contributed by atoms with Gasteiger partial charge in [-0.05, 0) is 43.9 Å². The first-order valence-electron chi connectivity index (χ1n) is 9.97. The summed E-state index contributed by atoms with van der Waals surface area (Å²) in [5, 5.41) is 6.71. The Kier molecular flexibility index (Phi) is 7.53. The van der Waals surface area contributed by atoms with Crippen molar-refractivity contribution in [2.75, 3.05) is 20.7 Å². The standard InChI is InChI=1S/C22H30N4O2/c1-23-22(25-15-13-18-9-5-6-14-24-18)26-16-17-8-7-12-20(27-2)21(17)28-19-10-3-4-11-19/h5-9,12,14,19H,3-4,10-11,13,15-16H2,1-2H3,(H2,23,25,26). The van der Waals surface area contributed by atoms with Crippen molar-refractivity contribution in [1.29, 1.82) is 0 Å². The summed E-state index contributed by atoms with van der Waals surface area (Å²) in [6, 6.07) is 12.0. The van der Waals surface area contributed by atoms with Crippen LogP contribution in [0.1, 0.15) is 36.9 Å². The van der Waals surface area contributed by atoms with Crippen molar-refractivity contribution in [2.24, 2.45) is 4.99 Å². The molecule has 0 spiro atoms. The van der Waals surface area contributed by atoms with Crippen LogP contribution in [0.15, 0.2) is 47.6 Å². The van der Waals surface area contributed by atoms with Gasteiger partial charge in [0.05, 0.1) is 13.2 Å². The lowest BCUT2D eigenvalue weighted by Crippen LogP contribution is -2.38. The van der Waals surface area contributed by atoms with E-state index in [0.29, 0.717) is 6.54 Å². The van der Waals surface area contributed by atoms with E-state index >= 15 is 0 Å². The summed E-state index contributed by atoms with van der Waals surface area (Å²) >= 11 is 0. The predicted molar refractivity (Wildman–Crippen MR) is 112 cm³/mol. The summed E-state index contributed by atoms with van der Waals surface area (Å²) in [4.78, 5) is 8.66. The second kappa shape index (κ2) is 10.5. The minimum atomic E-state index is 0.283.